The fourth-order valence-electron chi connectivity index (χ4n) is 6.62. The summed E-state index contributed by atoms with van der Waals surface area (Å²) < 4.78 is 7.61. The highest BCUT2D eigenvalue weighted by Gasteiger charge is 2.52. The van der Waals surface area contributed by atoms with E-state index in [1.807, 2.05) is 31.2 Å². The molecule has 47 heavy (non-hydrogen) atoms. The van der Waals surface area contributed by atoms with Crippen molar-refractivity contribution >= 4 is 28.3 Å². The third-order valence-corrected chi connectivity index (χ3v) is 9.12. The Bertz CT molecular complexity index is 1900. The number of anilines is 1. The lowest BCUT2D eigenvalue weighted by Crippen LogP contribution is -2.55. The third kappa shape index (κ3) is 6.23. The topological polar surface area (TPSA) is 102 Å². The standard InChI is InChI=1S/C38H43N7O2/c1-6-9-11-28(7-2)31-17-18-32-37(41-31)45(36(42-32)30-12-10-21-40-35(30)39)29-15-13-27(14-16-29)24-43-22-23-44(38(25-43)19-20-38)34(26(4)46)33(8-3)47-5/h7-18,21H,3,6,19-20,22-25H2,1-2,4-5H3,(H2,39,40)/b11-9-,28-7+,34-33-. The Morgan fingerprint density at radius 2 is 1.89 bits per heavy atom. The summed E-state index contributed by atoms with van der Waals surface area (Å²) in [6.45, 7) is 12.9. The Morgan fingerprint density at radius 1 is 1.11 bits per heavy atom. The Labute approximate surface area is 276 Å². The number of aromatic nitrogens is 4. The predicted octanol–water partition coefficient (Wildman–Crippen LogP) is 6.72. The molecule has 9 nitrogen and oxygen atoms in total. The molecule has 2 fully saturated rings. The first-order valence-corrected chi connectivity index (χ1v) is 16.3. The molecule has 0 atom stereocenters. The number of hydrogen-bond donors (Lipinski definition) is 1. The number of allylic oxidation sites excluding steroid dienone is 6. The Morgan fingerprint density at radius 3 is 2.53 bits per heavy atom. The molecule has 1 aromatic carbocycles. The number of nitrogens with two attached hydrogens (primary N) is 1. The summed E-state index contributed by atoms with van der Waals surface area (Å²) in [5.41, 5.74) is 13.4. The maximum atomic E-state index is 12.7. The van der Waals surface area contributed by atoms with Crippen molar-refractivity contribution < 1.29 is 9.53 Å². The van der Waals surface area contributed by atoms with E-state index >= 15 is 0 Å². The molecule has 1 saturated heterocycles. The van der Waals surface area contributed by atoms with Crippen LogP contribution in [0.4, 0.5) is 5.82 Å². The second-order valence-electron chi connectivity index (χ2n) is 12.2. The number of benzene rings is 1. The molecular formula is C38H43N7O2. The number of rotatable bonds is 11. The summed E-state index contributed by atoms with van der Waals surface area (Å²) in [7, 11) is 1.60. The number of ketones is 1. The van der Waals surface area contributed by atoms with Gasteiger partial charge in [-0.3, -0.25) is 14.3 Å². The van der Waals surface area contributed by atoms with Crippen LogP contribution in [0.2, 0.25) is 0 Å². The first-order valence-electron chi connectivity index (χ1n) is 16.3. The maximum Gasteiger partial charge on any atom is 0.179 e. The molecular weight excluding hydrogens is 586 g/mol. The van der Waals surface area contributed by atoms with Crippen LogP contribution in [-0.4, -0.2) is 67.4 Å². The molecule has 1 aliphatic heterocycles. The highest BCUT2D eigenvalue weighted by atomic mass is 16.5. The number of Topliss-reactive ketones (excluding diaryl/α,β-unsaturated/α-hetero) is 1. The molecule has 0 bridgehead atoms. The molecule has 3 aromatic heterocycles. The van der Waals surface area contributed by atoms with Crippen molar-refractivity contribution in [1.29, 1.82) is 0 Å². The molecule has 1 spiro atoms. The number of carbonyl (C=O) groups is 1. The van der Waals surface area contributed by atoms with Crippen molar-refractivity contribution in [2.24, 2.45) is 0 Å². The first kappa shape index (κ1) is 31.9. The minimum Gasteiger partial charge on any atom is -0.494 e. The van der Waals surface area contributed by atoms with E-state index in [2.05, 4.69) is 75.3 Å². The molecule has 4 heterocycles. The Kier molecular flexibility index (Phi) is 9.09. The van der Waals surface area contributed by atoms with Gasteiger partial charge in [-0.2, -0.15) is 0 Å². The number of imidazole rings is 1. The second-order valence-corrected chi connectivity index (χ2v) is 12.2. The average Bonchev–Trinajstić information content (AvgIpc) is 3.74. The van der Waals surface area contributed by atoms with Gasteiger partial charge in [0.2, 0.25) is 0 Å². The lowest BCUT2D eigenvalue weighted by Gasteiger charge is -2.44. The van der Waals surface area contributed by atoms with Gasteiger partial charge >= 0.3 is 0 Å². The normalized spacial score (nSPS) is 16.9. The minimum atomic E-state index is -0.0399. The van der Waals surface area contributed by atoms with E-state index in [0.29, 0.717) is 23.1 Å². The SMILES string of the molecule is C=C/C(OC)=C(\C(C)=O)N1CCN(Cc2ccc(-n3c(-c4cccnc4N)nc4ccc(C(/C=C\CC)=C/C)nc43)cc2)CC12CC2. The third-order valence-electron chi connectivity index (χ3n) is 9.12. The van der Waals surface area contributed by atoms with Crippen LogP contribution in [0, 0.1) is 0 Å². The van der Waals surface area contributed by atoms with Crippen molar-refractivity contribution in [3.05, 3.63) is 108 Å². The van der Waals surface area contributed by atoms with Crippen LogP contribution in [0.15, 0.2) is 97.1 Å². The van der Waals surface area contributed by atoms with Crippen LogP contribution < -0.4 is 5.73 Å². The minimum absolute atomic E-state index is 0.0115. The predicted molar refractivity (Wildman–Crippen MR) is 188 cm³/mol. The molecule has 242 valence electrons. The second kappa shape index (κ2) is 13.4. The van der Waals surface area contributed by atoms with Crippen molar-refractivity contribution in [3.63, 3.8) is 0 Å². The zero-order valence-electron chi connectivity index (χ0n) is 27.7. The molecule has 2 N–H and O–H groups in total. The van der Waals surface area contributed by atoms with Gasteiger partial charge in [-0.1, -0.05) is 43.9 Å². The van der Waals surface area contributed by atoms with Crippen LogP contribution in [-0.2, 0) is 16.1 Å². The van der Waals surface area contributed by atoms with E-state index < -0.39 is 0 Å². The fraction of sp³-hybridized carbons (Fsp3) is 0.316. The van der Waals surface area contributed by atoms with E-state index in [0.717, 1.165) is 79.1 Å². The van der Waals surface area contributed by atoms with Crippen LogP contribution in [0.3, 0.4) is 0 Å². The van der Waals surface area contributed by atoms with Crippen molar-refractivity contribution in [2.45, 2.75) is 52.1 Å². The van der Waals surface area contributed by atoms with E-state index in [4.69, 9.17) is 20.4 Å². The largest absolute Gasteiger partial charge is 0.494 e. The highest BCUT2D eigenvalue weighted by molar-refractivity contribution is 5.94. The van der Waals surface area contributed by atoms with Gasteiger partial charge in [-0.05, 0) is 79.8 Å². The Hall–Kier alpha value is -5.02. The summed E-state index contributed by atoms with van der Waals surface area (Å²) in [5, 5.41) is 0. The number of ether oxygens (including phenoxy) is 1. The summed E-state index contributed by atoms with van der Waals surface area (Å²) >= 11 is 0. The van der Waals surface area contributed by atoms with E-state index in [1.165, 1.54) is 5.56 Å². The number of fused-ring (bicyclic) bond motifs is 1. The van der Waals surface area contributed by atoms with Crippen molar-refractivity contribution in [2.75, 3.05) is 32.5 Å². The molecule has 0 radical (unpaired) electrons. The number of nitrogens with zero attached hydrogens (tertiary/aromatic N) is 6. The molecule has 6 rings (SSSR count). The summed E-state index contributed by atoms with van der Waals surface area (Å²) in [4.78, 5) is 31.9. The zero-order valence-corrected chi connectivity index (χ0v) is 27.7. The van der Waals surface area contributed by atoms with Gasteiger partial charge in [0.1, 0.15) is 22.8 Å². The first-order chi connectivity index (χ1) is 22.8. The summed E-state index contributed by atoms with van der Waals surface area (Å²) in [6.07, 6.45) is 12.7. The number of nitrogen functional groups attached to an aromatic ring is 1. The molecule has 9 heteroatoms. The number of hydrogen-bond acceptors (Lipinski definition) is 8. The molecule has 2 aliphatic rings. The quantitative estimate of drug-likeness (QED) is 0.111. The van der Waals surface area contributed by atoms with Gasteiger partial charge < -0.3 is 15.4 Å². The van der Waals surface area contributed by atoms with Crippen LogP contribution >= 0.6 is 0 Å². The maximum absolute atomic E-state index is 12.7. The van der Waals surface area contributed by atoms with Gasteiger partial charge in [-0.25, -0.2) is 15.0 Å². The van der Waals surface area contributed by atoms with Crippen molar-refractivity contribution in [3.8, 4) is 17.1 Å². The molecule has 0 amide bonds. The van der Waals surface area contributed by atoms with Gasteiger partial charge in [0.25, 0.3) is 0 Å². The Balaban J connectivity index is 1.31. The lowest BCUT2D eigenvalue weighted by molar-refractivity contribution is -0.116. The van der Waals surface area contributed by atoms with Gasteiger partial charge in [0, 0.05) is 45.0 Å². The summed E-state index contributed by atoms with van der Waals surface area (Å²) in [6, 6.07) is 16.5. The number of methoxy groups -OCH3 is 1. The van der Waals surface area contributed by atoms with E-state index in [1.54, 1.807) is 26.3 Å². The lowest BCUT2D eigenvalue weighted by atomic mass is 10.1. The van der Waals surface area contributed by atoms with Crippen LogP contribution in [0.5, 0.6) is 0 Å². The van der Waals surface area contributed by atoms with Crippen LogP contribution in [0.25, 0.3) is 33.8 Å². The number of piperazine rings is 1. The molecule has 1 saturated carbocycles. The molecule has 0 unspecified atom stereocenters. The van der Waals surface area contributed by atoms with Crippen molar-refractivity contribution in [1.82, 2.24) is 29.3 Å². The monoisotopic (exact) mass is 629 g/mol. The zero-order chi connectivity index (χ0) is 33.1. The average molecular weight is 630 g/mol. The molecule has 4 aromatic rings. The van der Waals surface area contributed by atoms with E-state index in [9.17, 15) is 4.79 Å². The number of pyridine rings is 2. The molecule has 1 aliphatic carbocycles. The van der Waals surface area contributed by atoms with Gasteiger partial charge in [0.05, 0.1) is 23.9 Å². The smallest absolute Gasteiger partial charge is 0.179 e. The van der Waals surface area contributed by atoms with E-state index in [-0.39, 0.29) is 11.3 Å². The fourth-order valence-corrected chi connectivity index (χ4v) is 6.62. The summed E-state index contributed by atoms with van der Waals surface area (Å²) in [5.74, 6) is 1.68. The number of carbonyl (C=O) groups excluding carboxylic acids is 1. The van der Waals surface area contributed by atoms with Gasteiger partial charge in [0.15, 0.2) is 17.3 Å². The van der Waals surface area contributed by atoms with Crippen LogP contribution in [0.1, 0.15) is 51.3 Å². The van der Waals surface area contributed by atoms with Gasteiger partial charge in [-0.15, -0.1) is 0 Å². The highest BCUT2D eigenvalue weighted by Crippen LogP contribution is 2.47.